The van der Waals surface area contributed by atoms with Crippen LogP contribution < -0.4 is 5.32 Å². The van der Waals surface area contributed by atoms with Crippen molar-refractivity contribution in [1.29, 1.82) is 0 Å². The van der Waals surface area contributed by atoms with Crippen LogP contribution in [0.1, 0.15) is 30.9 Å². The number of amides is 2. The van der Waals surface area contributed by atoms with Crippen molar-refractivity contribution in [2.24, 2.45) is 5.92 Å². The molecule has 1 aliphatic rings. The highest BCUT2D eigenvalue weighted by atomic mass is 16.5. The average molecular weight is 290 g/mol. The molecule has 21 heavy (non-hydrogen) atoms. The minimum atomic E-state index is -0.00398. The Labute approximate surface area is 127 Å². The molecule has 4 nitrogen and oxygen atoms in total. The van der Waals surface area contributed by atoms with Crippen LogP contribution in [-0.2, 0) is 4.74 Å². The lowest BCUT2D eigenvalue weighted by Gasteiger charge is -2.25. The number of anilines is 1. The summed E-state index contributed by atoms with van der Waals surface area (Å²) < 4.78 is 5.41. The molecule has 2 rings (SSSR count). The third-order valence-corrected chi connectivity index (χ3v) is 3.91. The predicted octanol–water partition coefficient (Wildman–Crippen LogP) is 3.58. The van der Waals surface area contributed by atoms with Gasteiger partial charge in [-0.15, -0.1) is 0 Å². The van der Waals surface area contributed by atoms with Gasteiger partial charge in [0, 0.05) is 31.3 Å². The lowest BCUT2D eigenvalue weighted by Crippen LogP contribution is -2.39. The van der Waals surface area contributed by atoms with E-state index in [9.17, 15) is 4.79 Å². The normalized spacial score (nSPS) is 17.8. The molecule has 1 fully saturated rings. The summed E-state index contributed by atoms with van der Waals surface area (Å²) in [5, 5.41) is 3.04. The number of urea groups is 1. The van der Waals surface area contributed by atoms with E-state index in [1.165, 1.54) is 5.56 Å². The van der Waals surface area contributed by atoms with Crippen LogP contribution in [0, 0.1) is 19.8 Å². The molecule has 0 aliphatic carbocycles. The van der Waals surface area contributed by atoms with E-state index in [4.69, 9.17) is 4.74 Å². The van der Waals surface area contributed by atoms with E-state index in [0.717, 1.165) is 50.4 Å². The number of ether oxygens (including phenoxy) is 1. The highest BCUT2D eigenvalue weighted by Crippen LogP contribution is 2.18. The summed E-state index contributed by atoms with van der Waals surface area (Å²) in [5.41, 5.74) is 3.21. The summed E-state index contributed by atoms with van der Waals surface area (Å²) in [4.78, 5) is 14.4. The maximum atomic E-state index is 12.5. The maximum absolute atomic E-state index is 12.5. The van der Waals surface area contributed by atoms with Crippen molar-refractivity contribution in [3.63, 3.8) is 0 Å². The monoisotopic (exact) mass is 290 g/mol. The molecule has 1 unspecified atom stereocenters. The Morgan fingerprint density at radius 2 is 2.24 bits per heavy atom. The van der Waals surface area contributed by atoms with Crippen molar-refractivity contribution in [2.45, 2.75) is 33.6 Å². The summed E-state index contributed by atoms with van der Waals surface area (Å²) in [7, 11) is 0. The van der Waals surface area contributed by atoms with E-state index in [-0.39, 0.29) is 6.03 Å². The summed E-state index contributed by atoms with van der Waals surface area (Å²) in [5.74, 6) is 0.474. The molecule has 116 valence electrons. The molecule has 0 saturated carbocycles. The molecule has 1 heterocycles. The third-order valence-electron chi connectivity index (χ3n) is 3.91. The lowest BCUT2D eigenvalue weighted by atomic mass is 10.1. The lowest BCUT2D eigenvalue weighted by molar-refractivity contribution is 0.169. The number of hydrogen-bond donors (Lipinski definition) is 1. The third kappa shape index (κ3) is 4.46. The zero-order valence-corrected chi connectivity index (χ0v) is 13.3. The molecule has 0 spiro atoms. The molecule has 0 bridgehead atoms. The zero-order chi connectivity index (χ0) is 15.2. The molecule has 1 N–H and O–H groups in total. The van der Waals surface area contributed by atoms with Crippen LogP contribution in [0.5, 0.6) is 0 Å². The van der Waals surface area contributed by atoms with Gasteiger partial charge in [0.25, 0.3) is 0 Å². The molecule has 2 amide bonds. The Hall–Kier alpha value is -1.55. The number of aryl methyl sites for hydroxylation is 2. The molecule has 1 aromatic rings. The summed E-state index contributed by atoms with van der Waals surface area (Å²) in [6.45, 7) is 9.35. The number of hydrogen-bond acceptors (Lipinski definition) is 2. The highest BCUT2D eigenvalue weighted by molar-refractivity contribution is 5.90. The van der Waals surface area contributed by atoms with E-state index < -0.39 is 0 Å². The number of nitrogens with zero attached hydrogens (tertiary/aromatic N) is 1. The van der Waals surface area contributed by atoms with E-state index in [1.807, 2.05) is 24.0 Å². The smallest absolute Gasteiger partial charge is 0.321 e. The van der Waals surface area contributed by atoms with Crippen LogP contribution in [0.3, 0.4) is 0 Å². The number of rotatable bonds is 5. The van der Waals surface area contributed by atoms with Crippen LogP contribution in [0.2, 0.25) is 0 Å². The second kappa shape index (κ2) is 7.46. The highest BCUT2D eigenvalue weighted by Gasteiger charge is 2.22. The number of carbonyl (C=O) groups is 1. The second-order valence-corrected chi connectivity index (χ2v) is 5.92. The van der Waals surface area contributed by atoms with Crippen molar-refractivity contribution < 1.29 is 9.53 Å². The molecule has 0 aromatic heterocycles. The molecule has 1 aromatic carbocycles. The average Bonchev–Trinajstić information content (AvgIpc) is 2.94. The predicted molar refractivity (Wildman–Crippen MR) is 85.7 cm³/mol. The van der Waals surface area contributed by atoms with Crippen molar-refractivity contribution in [2.75, 3.05) is 31.6 Å². The van der Waals surface area contributed by atoms with Crippen LogP contribution >= 0.6 is 0 Å². The fraction of sp³-hybridized carbons (Fsp3) is 0.588. The van der Waals surface area contributed by atoms with E-state index in [0.29, 0.717) is 5.92 Å². The minimum Gasteiger partial charge on any atom is -0.381 e. The van der Waals surface area contributed by atoms with Gasteiger partial charge in [-0.25, -0.2) is 4.79 Å². The molecular formula is C17H26N2O2. The van der Waals surface area contributed by atoms with Crippen molar-refractivity contribution in [3.8, 4) is 0 Å². The number of nitrogens with one attached hydrogen (secondary N) is 1. The Bertz CT molecular complexity index is 482. The largest absolute Gasteiger partial charge is 0.381 e. The molecule has 1 atom stereocenters. The van der Waals surface area contributed by atoms with Gasteiger partial charge < -0.3 is 15.0 Å². The fourth-order valence-electron chi connectivity index (χ4n) is 2.73. The Morgan fingerprint density at radius 1 is 1.43 bits per heavy atom. The Morgan fingerprint density at radius 3 is 2.86 bits per heavy atom. The van der Waals surface area contributed by atoms with Gasteiger partial charge in [-0.05, 0) is 38.3 Å². The molecular weight excluding hydrogens is 264 g/mol. The van der Waals surface area contributed by atoms with Crippen molar-refractivity contribution in [1.82, 2.24) is 4.90 Å². The quantitative estimate of drug-likeness (QED) is 0.900. The van der Waals surface area contributed by atoms with Gasteiger partial charge in [-0.1, -0.05) is 24.6 Å². The number of benzene rings is 1. The first kappa shape index (κ1) is 15.8. The van der Waals surface area contributed by atoms with Crippen molar-refractivity contribution in [3.05, 3.63) is 29.3 Å². The molecule has 4 heteroatoms. The van der Waals surface area contributed by atoms with Crippen molar-refractivity contribution >= 4 is 11.7 Å². The van der Waals surface area contributed by atoms with Gasteiger partial charge in [-0.2, -0.15) is 0 Å². The van der Waals surface area contributed by atoms with E-state index in [1.54, 1.807) is 0 Å². The van der Waals surface area contributed by atoms with Gasteiger partial charge in [0.1, 0.15) is 0 Å². The van der Waals surface area contributed by atoms with Gasteiger partial charge >= 0.3 is 6.03 Å². The number of carbonyl (C=O) groups excluding carboxylic acids is 1. The fourth-order valence-corrected chi connectivity index (χ4v) is 2.73. The van der Waals surface area contributed by atoms with Gasteiger partial charge in [0.15, 0.2) is 0 Å². The summed E-state index contributed by atoms with van der Waals surface area (Å²) in [6, 6.07) is 6.09. The van der Waals surface area contributed by atoms with Gasteiger partial charge in [0.05, 0.1) is 6.61 Å². The van der Waals surface area contributed by atoms with E-state index in [2.05, 4.69) is 25.2 Å². The standard InChI is InChI=1S/C17H26N2O2/c1-4-8-19(11-15-7-9-21-12-15)17(20)18-16-6-5-13(2)10-14(16)3/h5-6,10,15H,4,7-9,11-12H2,1-3H3,(H,18,20). The first-order chi connectivity index (χ1) is 10.1. The summed E-state index contributed by atoms with van der Waals surface area (Å²) in [6.07, 6.45) is 2.02. The van der Waals surface area contributed by atoms with Gasteiger partial charge in [0.2, 0.25) is 0 Å². The van der Waals surface area contributed by atoms with Crippen LogP contribution in [0.4, 0.5) is 10.5 Å². The topological polar surface area (TPSA) is 41.6 Å². The summed E-state index contributed by atoms with van der Waals surface area (Å²) >= 11 is 0. The van der Waals surface area contributed by atoms with Crippen LogP contribution in [-0.4, -0.2) is 37.2 Å². The van der Waals surface area contributed by atoms with Crippen LogP contribution in [0.25, 0.3) is 0 Å². The second-order valence-electron chi connectivity index (χ2n) is 5.92. The first-order valence-corrected chi connectivity index (χ1v) is 7.81. The van der Waals surface area contributed by atoms with Gasteiger partial charge in [-0.3, -0.25) is 0 Å². The zero-order valence-electron chi connectivity index (χ0n) is 13.3. The molecule has 1 aliphatic heterocycles. The molecule has 1 saturated heterocycles. The minimum absolute atomic E-state index is 0.00398. The Balaban J connectivity index is 1.99. The maximum Gasteiger partial charge on any atom is 0.321 e. The van der Waals surface area contributed by atoms with E-state index >= 15 is 0 Å². The Kier molecular flexibility index (Phi) is 5.62. The van der Waals surface area contributed by atoms with Crippen LogP contribution in [0.15, 0.2) is 18.2 Å². The first-order valence-electron chi connectivity index (χ1n) is 7.81. The SMILES string of the molecule is CCCN(CC1CCOC1)C(=O)Nc1ccc(C)cc1C. The molecule has 0 radical (unpaired) electrons.